The molecular formula is C17H26FN3O4. The monoisotopic (exact) mass is 355 g/mol. The summed E-state index contributed by atoms with van der Waals surface area (Å²) in [4.78, 5) is 14.7. The van der Waals surface area contributed by atoms with Crippen molar-refractivity contribution in [3.8, 4) is 5.75 Å². The van der Waals surface area contributed by atoms with E-state index in [2.05, 4.69) is 11.8 Å². The second-order valence-electron chi connectivity index (χ2n) is 5.97. The number of nitro benzene ring substituents is 1. The van der Waals surface area contributed by atoms with Crippen LogP contribution in [0.15, 0.2) is 12.1 Å². The van der Waals surface area contributed by atoms with Gasteiger partial charge in [0.05, 0.1) is 30.4 Å². The van der Waals surface area contributed by atoms with Crippen LogP contribution in [0.5, 0.6) is 5.75 Å². The molecule has 0 amide bonds. The number of halogens is 1. The summed E-state index contributed by atoms with van der Waals surface area (Å²) in [5.41, 5.74) is -0.00324. The van der Waals surface area contributed by atoms with Gasteiger partial charge < -0.3 is 14.4 Å². The zero-order valence-electron chi connectivity index (χ0n) is 15.0. The standard InChI is InChI=1S/C17H26FN3O4/c1-4-13-12-20(7-6-19(13)8-9-25-5-2)15-11-17(24-3)16(21(22)23)10-14(15)18/h10-11,13H,4-9,12H2,1-3H3. The molecule has 0 spiro atoms. The number of piperazine rings is 1. The Hall–Kier alpha value is -1.93. The second kappa shape index (κ2) is 8.96. The van der Waals surface area contributed by atoms with Crippen molar-refractivity contribution < 1.29 is 18.8 Å². The minimum absolute atomic E-state index is 0.0771. The molecule has 1 atom stereocenters. The third-order valence-electron chi connectivity index (χ3n) is 4.59. The lowest BCUT2D eigenvalue weighted by atomic mass is 10.1. The second-order valence-corrected chi connectivity index (χ2v) is 5.97. The number of hydrogen-bond acceptors (Lipinski definition) is 6. The van der Waals surface area contributed by atoms with Gasteiger partial charge in [-0.25, -0.2) is 4.39 Å². The molecule has 1 aromatic carbocycles. The van der Waals surface area contributed by atoms with Crippen LogP contribution in [0.2, 0.25) is 0 Å². The van der Waals surface area contributed by atoms with Crippen LogP contribution < -0.4 is 9.64 Å². The highest BCUT2D eigenvalue weighted by atomic mass is 19.1. The van der Waals surface area contributed by atoms with Crippen LogP contribution >= 0.6 is 0 Å². The third-order valence-corrected chi connectivity index (χ3v) is 4.59. The Labute approximate surface area is 147 Å². The number of hydrogen-bond donors (Lipinski definition) is 0. The van der Waals surface area contributed by atoms with Gasteiger partial charge in [-0.05, 0) is 13.3 Å². The predicted octanol–water partition coefficient (Wildman–Crippen LogP) is 2.68. The van der Waals surface area contributed by atoms with E-state index in [9.17, 15) is 14.5 Å². The molecule has 1 aliphatic heterocycles. The first kappa shape index (κ1) is 19.4. The molecule has 140 valence electrons. The van der Waals surface area contributed by atoms with E-state index < -0.39 is 10.7 Å². The average molecular weight is 355 g/mol. The molecule has 1 aromatic rings. The highest BCUT2D eigenvalue weighted by molar-refractivity contribution is 5.60. The van der Waals surface area contributed by atoms with E-state index in [1.807, 2.05) is 11.8 Å². The lowest BCUT2D eigenvalue weighted by Crippen LogP contribution is -2.54. The maximum atomic E-state index is 14.5. The Morgan fingerprint density at radius 2 is 2.12 bits per heavy atom. The molecule has 1 saturated heterocycles. The predicted molar refractivity (Wildman–Crippen MR) is 94.0 cm³/mol. The van der Waals surface area contributed by atoms with Crippen molar-refractivity contribution in [1.29, 1.82) is 0 Å². The van der Waals surface area contributed by atoms with Crippen molar-refractivity contribution >= 4 is 11.4 Å². The van der Waals surface area contributed by atoms with E-state index in [4.69, 9.17) is 9.47 Å². The van der Waals surface area contributed by atoms with Gasteiger partial charge in [0.2, 0.25) is 0 Å². The van der Waals surface area contributed by atoms with Crippen LogP contribution in [0.25, 0.3) is 0 Å². The molecule has 2 rings (SSSR count). The average Bonchev–Trinajstić information content (AvgIpc) is 2.61. The number of nitro groups is 1. The molecule has 1 aliphatic rings. The van der Waals surface area contributed by atoms with Crippen molar-refractivity contribution in [1.82, 2.24) is 4.90 Å². The maximum Gasteiger partial charge on any atom is 0.313 e. The molecule has 0 aliphatic carbocycles. The van der Waals surface area contributed by atoms with Crippen LogP contribution in [0.3, 0.4) is 0 Å². The molecule has 0 N–H and O–H groups in total. The SMILES string of the molecule is CCOCCN1CCN(c2cc(OC)c([N+](=O)[O-])cc2F)CC1CC. The zero-order chi connectivity index (χ0) is 18.4. The van der Waals surface area contributed by atoms with Crippen LogP contribution in [-0.2, 0) is 4.74 Å². The number of methoxy groups -OCH3 is 1. The van der Waals surface area contributed by atoms with Crippen LogP contribution in [0.4, 0.5) is 15.8 Å². The van der Waals surface area contributed by atoms with Crippen molar-refractivity contribution in [3.05, 3.63) is 28.1 Å². The molecule has 7 nitrogen and oxygen atoms in total. The third kappa shape index (κ3) is 4.58. The van der Waals surface area contributed by atoms with Gasteiger partial charge in [0.15, 0.2) is 11.6 Å². The minimum atomic E-state index is -0.633. The van der Waals surface area contributed by atoms with Gasteiger partial charge in [0, 0.05) is 44.9 Å². The summed E-state index contributed by atoms with van der Waals surface area (Å²) < 4.78 is 25.0. The molecule has 1 heterocycles. The van der Waals surface area contributed by atoms with Gasteiger partial charge in [-0.3, -0.25) is 15.0 Å². The number of anilines is 1. The van der Waals surface area contributed by atoms with Crippen LogP contribution in [0, 0.1) is 15.9 Å². The highest BCUT2D eigenvalue weighted by Crippen LogP contribution is 2.35. The Kier molecular flexibility index (Phi) is 6.95. The fourth-order valence-electron chi connectivity index (χ4n) is 3.20. The first-order valence-electron chi connectivity index (χ1n) is 8.60. The lowest BCUT2D eigenvalue weighted by Gasteiger charge is -2.42. The molecule has 1 unspecified atom stereocenters. The minimum Gasteiger partial charge on any atom is -0.490 e. The molecule has 25 heavy (non-hydrogen) atoms. The highest BCUT2D eigenvalue weighted by Gasteiger charge is 2.29. The molecule has 0 saturated carbocycles. The fraction of sp³-hybridized carbons (Fsp3) is 0.647. The summed E-state index contributed by atoms with van der Waals surface area (Å²) >= 11 is 0. The van der Waals surface area contributed by atoms with Gasteiger partial charge in [-0.15, -0.1) is 0 Å². The van der Waals surface area contributed by atoms with Gasteiger partial charge in [0.1, 0.15) is 0 Å². The normalized spacial score (nSPS) is 18.4. The summed E-state index contributed by atoms with van der Waals surface area (Å²) in [6.45, 7) is 8.43. The molecule has 0 bridgehead atoms. The van der Waals surface area contributed by atoms with Crippen molar-refractivity contribution in [2.75, 3.05) is 51.4 Å². The summed E-state index contributed by atoms with van der Waals surface area (Å²) in [5, 5.41) is 11.0. The van der Waals surface area contributed by atoms with Gasteiger partial charge in [0.25, 0.3) is 0 Å². The number of benzene rings is 1. The zero-order valence-corrected chi connectivity index (χ0v) is 15.0. The molecule has 8 heteroatoms. The van der Waals surface area contributed by atoms with Crippen molar-refractivity contribution in [2.45, 2.75) is 26.3 Å². The van der Waals surface area contributed by atoms with E-state index in [1.165, 1.54) is 13.2 Å². The Morgan fingerprint density at radius 3 is 2.72 bits per heavy atom. The van der Waals surface area contributed by atoms with E-state index in [0.29, 0.717) is 32.0 Å². The Balaban J connectivity index is 2.16. The van der Waals surface area contributed by atoms with E-state index >= 15 is 0 Å². The Bertz CT molecular complexity index is 600. The Morgan fingerprint density at radius 1 is 1.36 bits per heavy atom. The number of nitrogens with zero attached hydrogens (tertiary/aromatic N) is 3. The summed E-state index contributed by atoms with van der Waals surface area (Å²) in [7, 11) is 1.35. The fourth-order valence-corrected chi connectivity index (χ4v) is 3.20. The van der Waals surface area contributed by atoms with Crippen molar-refractivity contribution in [2.24, 2.45) is 0 Å². The molecular weight excluding hydrogens is 329 g/mol. The quantitative estimate of drug-likeness (QED) is 0.406. The largest absolute Gasteiger partial charge is 0.490 e. The van der Waals surface area contributed by atoms with E-state index in [1.54, 1.807) is 0 Å². The van der Waals surface area contributed by atoms with Gasteiger partial charge >= 0.3 is 5.69 Å². The van der Waals surface area contributed by atoms with E-state index in [0.717, 1.165) is 25.6 Å². The first-order valence-corrected chi connectivity index (χ1v) is 8.60. The van der Waals surface area contributed by atoms with Gasteiger partial charge in [-0.1, -0.05) is 6.92 Å². The molecule has 0 aromatic heterocycles. The number of ether oxygens (including phenoxy) is 2. The van der Waals surface area contributed by atoms with Crippen LogP contribution in [-0.4, -0.2) is 62.4 Å². The number of rotatable bonds is 8. The van der Waals surface area contributed by atoms with Crippen LogP contribution in [0.1, 0.15) is 20.3 Å². The van der Waals surface area contributed by atoms with Crippen molar-refractivity contribution in [3.63, 3.8) is 0 Å². The molecule has 0 radical (unpaired) electrons. The first-order chi connectivity index (χ1) is 12.0. The van der Waals surface area contributed by atoms with E-state index in [-0.39, 0.29) is 17.5 Å². The maximum absolute atomic E-state index is 14.5. The topological polar surface area (TPSA) is 68.1 Å². The lowest BCUT2D eigenvalue weighted by molar-refractivity contribution is -0.385. The molecule has 1 fully saturated rings. The van der Waals surface area contributed by atoms with Gasteiger partial charge in [-0.2, -0.15) is 0 Å². The summed E-state index contributed by atoms with van der Waals surface area (Å²) in [5.74, 6) is -0.515. The smallest absolute Gasteiger partial charge is 0.313 e. The summed E-state index contributed by atoms with van der Waals surface area (Å²) in [6, 6.07) is 2.65. The summed E-state index contributed by atoms with van der Waals surface area (Å²) in [6.07, 6.45) is 0.939.